The summed E-state index contributed by atoms with van der Waals surface area (Å²) in [4.78, 5) is 25.3. The highest BCUT2D eigenvalue weighted by atomic mass is 16.2. The molecule has 102 valence electrons. The number of anilines is 1. The molecule has 2 amide bonds. The van der Waals surface area contributed by atoms with E-state index < -0.39 is 0 Å². The van der Waals surface area contributed by atoms with Crippen molar-refractivity contribution >= 4 is 17.5 Å². The number of hydrogen-bond acceptors (Lipinski definition) is 3. The van der Waals surface area contributed by atoms with Gasteiger partial charge in [0.2, 0.25) is 5.91 Å². The highest BCUT2D eigenvalue weighted by Crippen LogP contribution is 2.15. The molecule has 1 unspecified atom stereocenters. The van der Waals surface area contributed by atoms with Gasteiger partial charge in [0.25, 0.3) is 5.91 Å². The molecule has 0 radical (unpaired) electrons. The average molecular weight is 261 g/mol. The summed E-state index contributed by atoms with van der Waals surface area (Å²) in [5.41, 5.74) is 1.25. The molecule has 0 bridgehead atoms. The molecular weight excluding hydrogens is 242 g/mol. The van der Waals surface area contributed by atoms with Gasteiger partial charge in [0, 0.05) is 31.9 Å². The predicted octanol–water partition coefficient (Wildman–Crippen LogP) is 0.936. The van der Waals surface area contributed by atoms with Crippen LogP contribution >= 0.6 is 0 Å². The number of hydrogen-bond donors (Lipinski definition) is 2. The van der Waals surface area contributed by atoms with Crippen LogP contribution in [0.2, 0.25) is 0 Å². The molecule has 1 atom stereocenters. The van der Waals surface area contributed by atoms with Gasteiger partial charge in [0.15, 0.2) is 0 Å². The van der Waals surface area contributed by atoms with E-state index in [0.717, 1.165) is 19.5 Å². The first kappa shape index (κ1) is 13.5. The van der Waals surface area contributed by atoms with Crippen molar-refractivity contribution in [2.75, 3.05) is 32.5 Å². The summed E-state index contributed by atoms with van der Waals surface area (Å²) >= 11 is 0. The molecule has 1 aromatic carbocycles. The van der Waals surface area contributed by atoms with Crippen molar-refractivity contribution < 1.29 is 9.59 Å². The van der Waals surface area contributed by atoms with Crippen molar-refractivity contribution in [2.24, 2.45) is 5.92 Å². The fourth-order valence-electron chi connectivity index (χ4n) is 2.11. The lowest BCUT2D eigenvalue weighted by Crippen LogP contribution is -2.25. The van der Waals surface area contributed by atoms with Crippen molar-refractivity contribution in [2.45, 2.75) is 6.42 Å². The fourth-order valence-corrected chi connectivity index (χ4v) is 2.11. The predicted molar refractivity (Wildman–Crippen MR) is 74.1 cm³/mol. The average Bonchev–Trinajstić information content (AvgIpc) is 2.92. The zero-order valence-electron chi connectivity index (χ0n) is 11.3. The second kappa shape index (κ2) is 5.84. The second-order valence-corrected chi connectivity index (χ2v) is 4.96. The summed E-state index contributed by atoms with van der Waals surface area (Å²) in [7, 11) is 3.41. The Morgan fingerprint density at radius 2 is 2.16 bits per heavy atom. The molecule has 2 rings (SSSR count). The van der Waals surface area contributed by atoms with Gasteiger partial charge in [0.05, 0.1) is 5.92 Å². The zero-order valence-corrected chi connectivity index (χ0v) is 11.3. The quantitative estimate of drug-likeness (QED) is 0.851. The fraction of sp³-hybridized carbons (Fsp3) is 0.429. The number of benzene rings is 1. The van der Waals surface area contributed by atoms with E-state index in [0.29, 0.717) is 11.3 Å². The summed E-state index contributed by atoms with van der Waals surface area (Å²) in [5.74, 6) is -0.0358. The van der Waals surface area contributed by atoms with Gasteiger partial charge < -0.3 is 15.5 Å². The summed E-state index contributed by atoms with van der Waals surface area (Å²) in [6.45, 7) is 1.61. The maximum atomic E-state index is 12.0. The maximum absolute atomic E-state index is 12.0. The Balaban J connectivity index is 2.06. The molecule has 1 saturated heterocycles. The topological polar surface area (TPSA) is 61.4 Å². The molecule has 1 heterocycles. The molecule has 0 aliphatic carbocycles. The third kappa shape index (κ3) is 3.32. The molecule has 1 aliphatic heterocycles. The molecule has 2 N–H and O–H groups in total. The maximum Gasteiger partial charge on any atom is 0.253 e. The number of rotatable bonds is 3. The van der Waals surface area contributed by atoms with E-state index in [1.807, 2.05) is 0 Å². The Morgan fingerprint density at radius 3 is 2.79 bits per heavy atom. The lowest BCUT2D eigenvalue weighted by Gasteiger charge is -2.13. The van der Waals surface area contributed by atoms with Gasteiger partial charge in [-0.05, 0) is 31.2 Å². The summed E-state index contributed by atoms with van der Waals surface area (Å²) in [5, 5.41) is 6.03. The van der Waals surface area contributed by atoms with E-state index >= 15 is 0 Å². The molecule has 1 aliphatic rings. The van der Waals surface area contributed by atoms with Crippen LogP contribution in [-0.2, 0) is 4.79 Å². The van der Waals surface area contributed by atoms with Crippen molar-refractivity contribution in [3.8, 4) is 0 Å². The third-order valence-corrected chi connectivity index (χ3v) is 3.21. The van der Waals surface area contributed by atoms with E-state index in [-0.39, 0.29) is 17.7 Å². The van der Waals surface area contributed by atoms with Gasteiger partial charge in [-0.15, -0.1) is 0 Å². The molecular formula is C14H19N3O2. The highest BCUT2D eigenvalue weighted by Gasteiger charge is 2.22. The molecule has 5 nitrogen and oxygen atoms in total. The van der Waals surface area contributed by atoms with E-state index in [2.05, 4.69) is 10.6 Å². The molecule has 0 aromatic heterocycles. The van der Waals surface area contributed by atoms with E-state index in [4.69, 9.17) is 0 Å². The number of carbonyl (C=O) groups is 2. The Hall–Kier alpha value is -1.88. The highest BCUT2D eigenvalue weighted by molar-refractivity contribution is 5.97. The van der Waals surface area contributed by atoms with Crippen molar-refractivity contribution in [3.63, 3.8) is 0 Å². The lowest BCUT2D eigenvalue weighted by molar-refractivity contribution is -0.119. The van der Waals surface area contributed by atoms with Crippen LogP contribution in [0.1, 0.15) is 16.8 Å². The van der Waals surface area contributed by atoms with Gasteiger partial charge >= 0.3 is 0 Å². The first-order chi connectivity index (χ1) is 9.08. The van der Waals surface area contributed by atoms with Crippen LogP contribution in [0.25, 0.3) is 0 Å². The zero-order chi connectivity index (χ0) is 13.8. The molecule has 0 saturated carbocycles. The van der Waals surface area contributed by atoms with Gasteiger partial charge in [0.1, 0.15) is 0 Å². The Bertz CT molecular complexity index is 479. The normalized spacial score (nSPS) is 18.1. The molecule has 0 spiro atoms. The largest absolute Gasteiger partial charge is 0.345 e. The minimum Gasteiger partial charge on any atom is -0.345 e. The van der Waals surface area contributed by atoms with E-state index in [9.17, 15) is 9.59 Å². The number of nitrogens with one attached hydrogen (secondary N) is 2. The van der Waals surface area contributed by atoms with E-state index in [1.54, 1.807) is 38.4 Å². The lowest BCUT2D eigenvalue weighted by atomic mass is 10.1. The monoisotopic (exact) mass is 261 g/mol. The summed E-state index contributed by atoms with van der Waals surface area (Å²) in [6.07, 6.45) is 0.863. The van der Waals surface area contributed by atoms with Crippen molar-refractivity contribution in [3.05, 3.63) is 29.8 Å². The summed E-state index contributed by atoms with van der Waals surface area (Å²) in [6, 6.07) is 7.03. The summed E-state index contributed by atoms with van der Waals surface area (Å²) < 4.78 is 0. The van der Waals surface area contributed by atoms with Crippen LogP contribution < -0.4 is 10.6 Å². The molecule has 1 fully saturated rings. The first-order valence-corrected chi connectivity index (χ1v) is 6.41. The minimum atomic E-state index is -0.0707. The number of amides is 2. The first-order valence-electron chi connectivity index (χ1n) is 6.41. The SMILES string of the molecule is CN(C)C(=O)c1cccc(NC(=O)C2CCNC2)c1. The molecule has 19 heavy (non-hydrogen) atoms. The Labute approximate surface area is 113 Å². The third-order valence-electron chi connectivity index (χ3n) is 3.21. The van der Waals surface area contributed by atoms with Gasteiger partial charge in [-0.2, -0.15) is 0 Å². The smallest absolute Gasteiger partial charge is 0.253 e. The standard InChI is InChI=1S/C14H19N3O2/c1-17(2)14(19)10-4-3-5-12(8-10)16-13(18)11-6-7-15-9-11/h3-5,8,11,15H,6-7,9H2,1-2H3,(H,16,18). The van der Waals surface area contributed by atoms with Crippen LogP contribution in [0.3, 0.4) is 0 Å². The van der Waals surface area contributed by atoms with E-state index in [1.165, 1.54) is 4.90 Å². The second-order valence-electron chi connectivity index (χ2n) is 4.96. The van der Waals surface area contributed by atoms with Gasteiger partial charge in [-0.1, -0.05) is 6.07 Å². The van der Waals surface area contributed by atoms with Crippen molar-refractivity contribution in [1.82, 2.24) is 10.2 Å². The Morgan fingerprint density at radius 1 is 1.37 bits per heavy atom. The van der Waals surface area contributed by atoms with Crippen molar-refractivity contribution in [1.29, 1.82) is 0 Å². The number of carbonyl (C=O) groups excluding carboxylic acids is 2. The van der Waals surface area contributed by atoms with Crippen LogP contribution in [-0.4, -0.2) is 43.9 Å². The molecule has 1 aromatic rings. The van der Waals surface area contributed by atoms with Crippen LogP contribution in [0, 0.1) is 5.92 Å². The van der Waals surface area contributed by atoms with Gasteiger partial charge in [-0.25, -0.2) is 0 Å². The van der Waals surface area contributed by atoms with Crippen LogP contribution in [0.4, 0.5) is 5.69 Å². The molecule has 5 heteroatoms. The van der Waals surface area contributed by atoms with Gasteiger partial charge in [-0.3, -0.25) is 9.59 Å². The van der Waals surface area contributed by atoms with Crippen LogP contribution in [0.15, 0.2) is 24.3 Å². The Kier molecular flexibility index (Phi) is 4.16. The minimum absolute atomic E-state index is 0.0134. The van der Waals surface area contributed by atoms with Crippen LogP contribution in [0.5, 0.6) is 0 Å². The number of nitrogens with zero attached hydrogens (tertiary/aromatic N) is 1.